The second-order valence-corrected chi connectivity index (χ2v) is 13.3. The third-order valence-electron chi connectivity index (χ3n) is 7.38. The van der Waals surface area contributed by atoms with Crippen LogP contribution >= 0.6 is 11.3 Å². The van der Waals surface area contributed by atoms with E-state index >= 15 is 0 Å². The molecule has 0 spiro atoms. The number of alkyl halides is 3. The highest BCUT2D eigenvalue weighted by atomic mass is 32.2. The Hall–Kier alpha value is -3.27. The van der Waals surface area contributed by atoms with Crippen molar-refractivity contribution in [2.75, 3.05) is 33.2 Å². The molecular formula is C26H27F3N4O6S2. The summed E-state index contributed by atoms with van der Waals surface area (Å²) in [6.07, 6.45) is -3.95. The van der Waals surface area contributed by atoms with Crippen molar-refractivity contribution >= 4 is 33.2 Å². The number of amides is 1. The molecule has 1 amide bonds. The standard InChI is InChI=1S/C26H27F3N4O6S2/c1-32-9-11-33(12-10-32)22(34)7-5-16-3-2-4-17(13-16)18-15-25(18,24(35)36)31-41(37,38)23-8-6-20(40-23)19-14-21(39-30-19)26(27,28)29/h2-4,6,8,13-14,18,31H,5,7,9-12,15H2,1H3,(H,35,36)/t18-,25+/m0/s1. The lowest BCUT2D eigenvalue weighted by atomic mass is 10.0. The summed E-state index contributed by atoms with van der Waals surface area (Å²) < 4.78 is 71.2. The van der Waals surface area contributed by atoms with Crippen molar-refractivity contribution < 1.29 is 40.8 Å². The number of thiophene rings is 1. The van der Waals surface area contributed by atoms with E-state index in [4.69, 9.17) is 0 Å². The molecule has 220 valence electrons. The molecule has 41 heavy (non-hydrogen) atoms. The monoisotopic (exact) mass is 612 g/mol. The molecule has 2 aromatic heterocycles. The summed E-state index contributed by atoms with van der Waals surface area (Å²) in [4.78, 5) is 29.0. The first-order valence-corrected chi connectivity index (χ1v) is 15.0. The minimum absolute atomic E-state index is 0.0156. The fourth-order valence-electron chi connectivity index (χ4n) is 4.91. The summed E-state index contributed by atoms with van der Waals surface area (Å²) in [6, 6.07) is 10.2. The van der Waals surface area contributed by atoms with Gasteiger partial charge in [0.15, 0.2) is 0 Å². The van der Waals surface area contributed by atoms with Gasteiger partial charge in [0.1, 0.15) is 15.4 Å². The Kier molecular flexibility index (Phi) is 7.74. The predicted molar refractivity (Wildman–Crippen MR) is 142 cm³/mol. The summed E-state index contributed by atoms with van der Waals surface area (Å²) >= 11 is 0.646. The number of nitrogens with zero attached hydrogens (tertiary/aromatic N) is 3. The molecule has 2 fully saturated rings. The number of rotatable bonds is 9. The van der Waals surface area contributed by atoms with E-state index in [-0.39, 0.29) is 27.1 Å². The number of aromatic nitrogens is 1. The van der Waals surface area contributed by atoms with Gasteiger partial charge < -0.3 is 19.4 Å². The van der Waals surface area contributed by atoms with Crippen molar-refractivity contribution in [3.8, 4) is 10.6 Å². The normalized spacial score (nSPS) is 21.7. The van der Waals surface area contributed by atoms with Crippen molar-refractivity contribution in [1.29, 1.82) is 0 Å². The third kappa shape index (κ3) is 6.17. The number of halogens is 3. The van der Waals surface area contributed by atoms with Gasteiger partial charge in [-0.15, -0.1) is 11.3 Å². The van der Waals surface area contributed by atoms with E-state index in [0.717, 1.165) is 18.7 Å². The smallest absolute Gasteiger partial charge is 0.452 e. The van der Waals surface area contributed by atoms with Crippen LogP contribution in [0.4, 0.5) is 13.2 Å². The van der Waals surface area contributed by atoms with E-state index in [1.54, 1.807) is 18.2 Å². The number of nitrogens with one attached hydrogen (secondary N) is 1. The van der Waals surface area contributed by atoms with Crippen LogP contribution in [0.3, 0.4) is 0 Å². The van der Waals surface area contributed by atoms with Gasteiger partial charge in [0.2, 0.25) is 11.7 Å². The number of likely N-dealkylation sites (N-methyl/N-ethyl adjacent to an activating group) is 1. The molecule has 1 saturated heterocycles. The van der Waals surface area contributed by atoms with E-state index in [1.165, 1.54) is 12.1 Å². The molecule has 2 atom stereocenters. The molecular weight excluding hydrogens is 585 g/mol. The number of aryl methyl sites for hydroxylation is 1. The van der Waals surface area contributed by atoms with Gasteiger partial charge in [0.25, 0.3) is 10.0 Å². The van der Waals surface area contributed by atoms with Crippen molar-refractivity contribution in [3.05, 3.63) is 59.4 Å². The zero-order valence-corrected chi connectivity index (χ0v) is 23.5. The summed E-state index contributed by atoms with van der Waals surface area (Å²) in [5, 5.41) is 13.4. The Morgan fingerprint density at radius 2 is 1.90 bits per heavy atom. The SMILES string of the molecule is CN1CCN(C(=O)CCc2cccc([C@@H]3C[C@]3(NS(=O)(=O)c3ccc(-c4cc(C(F)(F)F)on4)s3)C(=O)O)c2)CC1. The summed E-state index contributed by atoms with van der Waals surface area (Å²) in [5.41, 5.74) is -0.500. The minimum atomic E-state index is -4.74. The van der Waals surface area contributed by atoms with Crippen LogP contribution in [-0.2, 0) is 32.2 Å². The average Bonchev–Trinajstić information content (AvgIpc) is 3.26. The van der Waals surface area contributed by atoms with Crippen LogP contribution in [-0.4, -0.2) is 79.1 Å². The van der Waals surface area contributed by atoms with Crippen LogP contribution in [0, 0.1) is 0 Å². The first kappa shape index (κ1) is 29.2. The van der Waals surface area contributed by atoms with Crippen LogP contribution in [0.5, 0.6) is 0 Å². The average molecular weight is 613 g/mol. The summed E-state index contributed by atoms with van der Waals surface area (Å²) in [7, 11) is -2.34. The van der Waals surface area contributed by atoms with Crippen molar-refractivity contribution in [2.45, 2.75) is 41.1 Å². The van der Waals surface area contributed by atoms with Crippen molar-refractivity contribution in [2.24, 2.45) is 0 Å². The molecule has 0 radical (unpaired) electrons. The van der Waals surface area contributed by atoms with Gasteiger partial charge in [-0.2, -0.15) is 17.9 Å². The number of carbonyl (C=O) groups is 2. The molecule has 0 unspecified atom stereocenters. The molecule has 2 aliphatic rings. The molecule has 5 rings (SSSR count). The lowest BCUT2D eigenvalue weighted by molar-refractivity contribution is -0.155. The van der Waals surface area contributed by atoms with Crippen LogP contribution in [0.1, 0.15) is 35.6 Å². The lowest BCUT2D eigenvalue weighted by Gasteiger charge is -2.32. The molecule has 1 saturated carbocycles. The van der Waals surface area contributed by atoms with Gasteiger partial charge in [0, 0.05) is 44.6 Å². The second kappa shape index (κ2) is 10.9. The maximum atomic E-state index is 13.2. The van der Waals surface area contributed by atoms with Gasteiger partial charge in [-0.25, -0.2) is 8.42 Å². The number of aliphatic carboxylic acids is 1. The van der Waals surface area contributed by atoms with E-state index < -0.39 is 39.4 Å². The molecule has 1 aromatic carbocycles. The summed E-state index contributed by atoms with van der Waals surface area (Å²) in [5.74, 6) is -3.25. The molecule has 3 heterocycles. The van der Waals surface area contributed by atoms with Crippen LogP contribution < -0.4 is 4.72 Å². The van der Waals surface area contributed by atoms with E-state index in [2.05, 4.69) is 19.3 Å². The molecule has 1 aliphatic heterocycles. The largest absolute Gasteiger partial charge is 0.480 e. The van der Waals surface area contributed by atoms with Crippen LogP contribution in [0.2, 0.25) is 0 Å². The Morgan fingerprint density at radius 3 is 2.56 bits per heavy atom. The molecule has 2 N–H and O–H groups in total. The molecule has 1 aliphatic carbocycles. The Labute approximate surface area is 237 Å². The highest BCUT2D eigenvalue weighted by Crippen LogP contribution is 2.53. The van der Waals surface area contributed by atoms with Gasteiger partial charge in [-0.05, 0) is 43.1 Å². The number of carboxylic acid groups (broad SMARTS) is 1. The fraction of sp³-hybridized carbons (Fsp3) is 0.423. The first-order chi connectivity index (χ1) is 19.3. The second-order valence-electron chi connectivity index (χ2n) is 10.3. The third-order valence-corrected chi connectivity index (χ3v) is 10.5. The highest BCUT2D eigenvalue weighted by molar-refractivity contribution is 7.91. The van der Waals surface area contributed by atoms with Crippen molar-refractivity contribution in [3.63, 3.8) is 0 Å². The number of carbonyl (C=O) groups excluding carboxylic acids is 1. The van der Waals surface area contributed by atoms with E-state index in [0.29, 0.717) is 48.9 Å². The number of benzene rings is 1. The molecule has 3 aromatic rings. The first-order valence-electron chi connectivity index (χ1n) is 12.8. The topological polar surface area (TPSA) is 133 Å². The number of piperazine rings is 1. The molecule has 0 bridgehead atoms. The minimum Gasteiger partial charge on any atom is -0.480 e. The highest BCUT2D eigenvalue weighted by Gasteiger charge is 2.63. The van der Waals surface area contributed by atoms with Gasteiger partial charge >= 0.3 is 12.1 Å². The molecule has 15 heteroatoms. The van der Waals surface area contributed by atoms with Crippen molar-refractivity contribution in [1.82, 2.24) is 19.7 Å². The van der Waals surface area contributed by atoms with Gasteiger partial charge in [-0.1, -0.05) is 29.4 Å². The number of hydrogen-bond donors (Lipinski definition) is 2. The quantitative estimate of drug-likeness (QED) is 0.376. The lowest BCUT2D eigenvalue weighted by Crippen LogP contribution is -2.47. The van der Waals surface area contributed by atoms with Crippen LogP contribution in [0.15, 0.2) is 51.2 Å². The Morgan fingerprint density at radius 1 is 1.17 bits per heavy atom. The van der Waals surface area contributed by atoms with Gasteiger partial charge in [-0.3, -0.25) is 9.59 Å². The predicted octanol–water partition coefficient (Wildman–Crippen LogP) is 3.42. The van der Waals surface area contributed by atoms with E-state index in [1.807, 2.05) is 18.0 Å². The fourth-order valence-corrected chi connectivity index (χ4v) is 7.57. The number of sulfonamides is 1. The Balaban J connectivity index is 1.27. The zero-order valence-electron chi connectivity index (χ0n) is 21.8. The van der Waals surface area contributed by atoms with E-state index in [9.17, 15) is 36.3 Å². The van der Waals surface area contributed by atoms with Crippen LogP contribution in [0.25, 0.3) is 10.6 Å². The Bertz CT molecular complexity index is 1560. The zero-order chi connectivity index (χ0) is 29.6. The number of carboxylic acids is 1. The maximum absolute atomic E-state index is 13.2. The summed E-state index contributed by atoms with van der Waals surface area (Å²) in [6.45, 7) is 3.00. The van der Waals surface area contributed by atoms with Gasteiger partial charge in [0.05, 0.1) is 4.88 Å². The molecule has 10 nitrogen and oxygen atoms in total. The number of hydrogen-bond acceptors (Lipinski definition) is 8. The maximum Gasteiger partial charge on any atom is 0.452 e.